The van der Waals surface area contributed by atoms with E-state index >= 15 is 0 Å². The highest BCUT2D eigenvalue weighted by atomic mass is 15.2. The number of anilines is 2. The van der Waals surface area contributed by atoms with Gasteiger partial charge in [-0.25, -0.2) is 9.97 Å². The lowest BCUT2D eigenvalue weighted by molar-refractivity contribution is 0.760. The number of aromatic nitrogens is 2. The zero-order valence-electron chi connectivity index (χ0n) is 12.7. The van der Waals surface area contributed by atoms with E-state index in [0.717, 1.165) is 37.3 Å². The molecule has 0 saturated heterocycles. The first-order chi connectivity index (χ1) is 10.2. The molecule has 0 amide bonds. The summed E-state index contributed by atoms with van der Waals surface area (Å²) in [5, 5.41) is 0. The molecule has 0 aliphatic carbocycles. The highest BCUT2D eigenvalue weighted by Crippen LogP contribution is 2.30. The summed E-state index contributed by atoms with van der Waals surface area (Å²) in [6.07, 6.45) is 3.68. The van der Waals surface area contributed by atoms with Gasteiger partial charge in [0, 0.05) is 18.7 Å². The van der Waals surface area contributed by atoms with Crippen molar-refractivity contribution in [1.82, 2.24) is 9.97 Å². The van der Waals surface area contributed by atoms with Gasteiger partial charge in [0.15, 0.2) is 0 Å². The summed E-state index contributed by atoms with van der Waals surface area (Å²) >= 11 is 0. The van der Waals surface area contributed by atoms with Crippen LogP contribution in [0, 0.1) is 0 Å². The smallest absolute Gasteiger partial charge is 0.137 e. The van der Waals surface area contributed by atoms with Crippen molar-refractivity contribution in [1.29, 1.82) is 0 Å². The topological polar surface area (TPSA) is 55.0 Å². The van der Waals surface area contributed by atoms with Crippen molar-refractivity contribution < 1.29 is 0 Å². The van der Waals surface area contributed by atoms with Crippen LogP contribution in [0.2, 0.25) is 0 Å². The van der Waals surface area contributed by atoms with Crippen LogP contribution in [0.5, 0.6) is 0 Å². The average molecular weight is 282 g/mol. The van der Waals surface area contributed by atoms with Crippen LogP contribution >= 0.6 is 0 Å². The average Bonchev–Trinajstić information content (AvgIpc) is 2.69. The Morgan fingerprint density at radius 2 is 1.67 bits per heavy atom. The molecule has 0 fully saturated rings. The number of nitrogen functional groups attached to an aromatic ring is 1. The predicted molar refractivity (Wildman–Crippen MR) is 86.6 cm³/mol. The first kappa shape index (κ1) is 13.9. The summed E-state index contributed by atoms with van der Waals surface area (Å²) in [5.41, 5.74) is 10.1. The van der Waals surface area contributed by atoms with Gasteiger partial charge >= 0.3 is 0 Å². The van der Waals surface area contributed by atoms with Gasteiger partial charge in [-0.1, -0.05) is 38.1 Å². The molecule has 0 radical (unpaired) electrons. The molecule has 1 aromatic heterocycles. The highest BCUT2D eigenvalue weighted by molar-refractivity contribution is 5.58. The molecule has 0 spiro atoms. The molecule has 2 heterocycles. The minimum atomic E-state index is 0.326. The second kappa shape index (κ2) is 5.72. The van der Waals surface area contributed by atoms with E-state index in [1.807, 2.05) is 0 Å². The van der Waals surface area contributed by atoms with Crippen LogP contribution in [0.1, 0.15) is 36.5 Å². The van der Waals surface area contributed by atoms with Gasteiger partial charge in [-0.2, -0.15) is 0 Å². The van der Waals surface area contributed by atoms with Gasteiger partial charge in [-0.15, -0.1) is 0 Å². The standard InChI is InChI=1S/C17H22N4/c1-12(2)15-16(18)19-11-20-17(15)21-9-7-13-5-3-4-6-14(13)8-10-21/h3-6,11-12H,7-10H2,1-2H3,(H2,18,19,20). The van der Waals surface area contributed by atoms with Gasteiger partial charge in [0.05, 0.1) is 0 Å². The number of benzene rings is 1. The first-order valence-electron chi connectivity index (χ1n) is 7.59. The molecule has 0 atom stereocenters. The van der Waals surface area contributed by atoms with Crippen molar-refractivity contribution in [3.8, 4) is 0 Å². The van der Waals surface area contributed by atoms with Gasteiger partial charge in [0.1, 0.15) is 18.0 Å². The SMILES string of the molecule is CC(C)c1c(N)ncnc1N1CCc2ccccc2CC1. The Bertz CT molecular complexity index is 609. The van der Waals surface area contributed by atoms with E-state index < -0.39 is 0 Å². The molecule has 0 saturated carbocycles. The summed E-state index contributed by atoms with van der Waals surface area (Å²) in [6.45, 7) is 6.25. The van der Waals surface area contributed by atoms with Gasteiger partial charge < -0.3 is 10.6 Å². The van der Waals surface area contributed by atoms with Crippen LogP contribution in [0.3, 0.4) is 0 Å². The van der Waals surface area contributed by atoms with Crippen molar-refractivity contribution in [2.45, 2.75) is 32.6 Å². The summed E-state index contributed by atoms with van der Waals surface area (Å²) in [7, 11) is 0. The van der Waals surface area contributed by atoms with E-state index in [9.17, 15) is 0 Å². The molecule has 21 heavy (non-hydrogen) atoms. The number of nitrogens with zero attached hydrogens (tertiary/aromatic N) is 3. The molecule has 2 aromatic rings. The lowest BCUT2D eigenvalue weighted by atomic mass is 10.0. The van der Waals surface area contributed by atoms with E-state index in [4.69, 9.17) is 5.73 Å². The van der Waals surface area contributed by atoms with Crippen LogP contribution in [0.4, 0.5) is 11.6 Å². The lowest BCUT2D eigenvalue weighted by Crippen LogP contribution is -2.28. The maximum absolute atomic E-state index is 6.07. The second-order valence-corrected chi connectivity index (χ2v) is 5.91. The third-order valence-corrected chi connectivity index (χ3v) is 4.19. The van der Waals surface area contributed by atoms with Gasteiger partial charge in [0.25, 0.3) is 0 Å². The Balaban J connectivity index is 1.92. The molecular weight excluding hydrogens is 260 g/mol. The predicted octanol–water partition coefficient (Wildman–Crippen LogP) is 2.79. The van der Waals surface area contributed by atoms with Gasteiger partial charge in [-0.3, -0.25) is 0 Å². The van der Waals surface area contributed by atoms with E-state index in [-0.39, 0.29) is 0 Å². The number of rotatable bonds is 2. The maximum Gasteiger partial charge on any atom is 0.137 e. The van der Waals surface area contributed by atoms with Crippen molar-refractivity contribution in [3.05, 3.63) is 47.3 Å². The second-order valence-electron chi connectivity index (χ2n) is 5.91. The Morgan fingerprint density at radius 3 is 2.24 bits per heavy atom. The van der Waals surface area contributed by atoms with Crippen LogP contribution in [0.15, 0.2) is 30.6 Å². The third-order valence-electron chi connectivity index (χ3n) is 4.19. The number of hydrogen-bond donors (Lipinski definition) is 1. The van der Waals surface area contributed by atoms with Gasteiger partial charge in [-0.05, 0) is 29.9 Å². The monoisotopic (exact) mass is 282 g/mol. The zero-order valence-corrected chi connectivity index (χ0v) is 12.7. The normalized spacial score (nSPS) is 14.9. The molecule has 0 bridgehead atoms. The van der Waals surface area contributed by atoms with Crippen LogP contribution < -0.4 is 10.6 Å². The fourth-order valence-electron chi connectivity index (χ4n) is 3.09. The number of fused-ring (bicyclic) bond motifs is 1. The van der Waals surface area contributed by atoms with E-state index in [1.54, 1.807) is 6.33 Å². The molecule has 4 heteroatoms. The maximum atomic E-state index is 6.07. The van der Waals surface area contributed by atoms with Gasteiger partial charge in [0.2, 0.25) is 0 Å². The molecule has 2 N–H and O–H groups in total. The largest absolute Gasteiger partial charge is 0.383 e. The number of nitrogens with two attached hydrogens (primary N) is 1. The van der Waals surface area contributed by atoms with E-state index in [0.29, 0.717) is 11.7 Å². The van der Waals surface area contributed by atoms with E-state index in [1.165, 1.54) is 11.1 Å². The third kappa shape index (κ3) is 2.71. The molecule has 4 nitrogen and oxygen atoms in total. The fourth-order valence-corrected chi connectivity index (χ4v) is 3.09. The Morgan fingerprint density at radius 1 is 1.05 bits per heavy atom. The number of hydrogen-bond acceptors (Lipinski definition) is 4. The van der Waals surface area contributed by atoms with Crippen molar-refractivity contribution >= 4 is 11.6 Å². The van der Waals surface area contributed by atoms with Crippen molar-refractivity contribution in [2.24, 2.45) is 0 Å². The summed E-state index contributed by atoms with van der Waals surface area (Å²) in [4.78, 5) is 11.0. The Kier molecular flexibility index (Phi) is 3.78. The molecule has 0 unspecified atom stereocenters. The van der Waals surface area contributed by atoms with E-state index in [2.05, 4.69) is 53.0 Å². The van der Waals surface area contributed by atoms with Crippen molar-refractivity contribution in [3.63, 3.8) is 0 Å². The minimum absolute atomic E-state index is 0.326. The first-order valence-corrected chi connectivity index (χ1v) is 7.59. The Hall–Kier alpha value is -2.10. The molecule has 1 aliphatic rings. The Labute approximate surface area is 126 Å². The summed E-state index contributed by atoms with van der Waals surface area (Å²) in [6, 6.07) is 8.71. The zero-order chi connectivity index (χ0) is 14.8. The molecule has 1 aromatic carbocycles. The molecule has 110 valence electrons. The fraction of sp³-hybridized carbons (Fsp3) is 0.412. The summed E-state index contributed by atoms with van der Waals surface area (Å²) < 4.78 is 0. The van der Waals surface area contributed by atoms with Crippen LogP contribution in [-0.2, 0) is 12.8 Å². The quantitative estimate of drug-likeness (QED) is 0.920. The lowest BCUT2D eigenvalue weighted by Gasteiger charge is -2.25. The van der Waals surface area contributed by atoms with Crippen LogP contribution in [-0.4, -0.2) is 23.1 Å². The minimum Gasteiger partial charge on any atom is -0.383 e. The molecule has 3 rings (SSSR count). The molecular formula is C17H22N4. The molecule has 1 aliphatic heterocycles. The highest BCUT2D eigenvalue weighted by Gasteiger charge is 2.20. The van der Waals surface area contributed by atoms with Crippen molar-refractivity contribution in [2.75, 3.05) is 23.7 Å². The van der Waals surface area contributed by atoms with Crippen LogP contribution in [0.25, 0.3) is 0 Å². The summed E-state index contributed by atoms with van der Waals surface area (Å²) in [5.74, 6) is 1.94.